The molecule has 3 heteroatoms. The number of Topliss-reactive ketones (excluding diaryl/α,β-unsaturated/α-hetero) is 1. The van der Waals surface area contributed by atoms with Crippen LogP contribution < -0.4 is 5.32 Å². The fourth-order valence-corrected chi connectivity index (χ4v) is 1.87. The van der Waals surface area contributed by atoms with Crippen LogP contribution in [0.5, 0.6) is 0 Å². The Balaban J connectivity index is 2.49. The van der Waals surface area contributed by atoms with E-state index in [2.05, 4.69) is 29.4 Å². The van der Waals surface area contributed by atoms with Gasteiger partial charge in [0.25, 0.3) is 0 Å². The van der Waals surface area contributed by atoms with Crippen molar-refractivity contribution in [2.24, 2.45) is 0 Å². The molecular weight excluding hydrogens is 200 g/mol. The Bertz CT molecular complexity index is 514. The summed E-state index contributed by atoms with van der Waals surface area (Å²) in [7, 11) is 1.78. The minimum absolute atomic E-state index is 0.127. The van der Waals surface area contributed by atoms with Crippen molar-refractivity contribution in [1.82, 2.24) is 10.3 Å². The van der Waals surface area contributed by atoms with Crippen LogP contribution >= 0.6 is 0 Å². The molecule has 0 bridgehead atoms. The van der Waals surface area contributed by atoms with E-state index in [1.165, 1.54) is 5.56 Å². The number of carbonyl (C=O) groups is 1. The molecule has 0 radical (unpaired) electrons. The third-order valence-corrected chi connectivity index (χ3v) is 2.79. The maximum atomic E-state index is 11.8. The molecule has 0 aliphatic heterocycles. The number of likely N-dealkylation sites (N-methyl/N-ethyl adjacent to an activating group) is 1. The Morgan fingerprint density at radius 3 is 2.94 bits per heavy atom. The molecule has 84 valence electrons. The third-order valence-electron chi connectivity index (χ3n) is 2.79. The van der Waals surface area contributed by atoms with Crippen LogP contribution in [0.3, 0.4) is 0 Å². The van der Waals surface area contributed by atoms with Crippen molar-refractivity contribution in [2.75, 3.05) is 13.6 Å². The van der Waals surface area contributed by atoms with Crippen molar-refractivity contribution in [3.8, 4) is 0 Å². The van der Waals surface area contributed by atoms with Crippen LogP contribution in [0, 0.1) is 0 Å². The zero-order chi connectivity index (χ0) is 11.5. The molecule has 0 unspecified atom stereocenters. The summed E-state index contributed by atoms with van der Waals surface area (Å²) in [6.07, 6.45) is 2.78. The summed E-state index contributed by atoms with van der Waals surface area (Å²) >= 11 is 0. The monoisotopic (exact) mass is 216 g/mol. The first-order valence-electron chi connectivity index (χ1n) is 5.54. The number of benzene rings is 1. The highest BCUT2D eigenvalue weighted by molar-refractivity contribution is 6.08. The Kier molecular flexibility index (Phi) is 3.06. The van der Waals surface area contributed by atoms with Crippen LogP contribution in [-0.4, -0.2) is 24.4 Å². The summed E-state index contributed by atoms with van der Waals surface area (Å²) < 4.78 is 0. The Morgan fingerprint density at radius 1 is 1.44 bits per heavy atom. The Hall–Kier alpha value is -1.61. The number of rotatable bonds is 4. The highest BCUT2D eigenvalue weighted by atomic mass is 16.1. The van der Waals surface area contributed by atoms with Crippen molar-refractivity contribution in [3.63, 3.8) is 0 Å². The van der Waals surface area contributed by atoms with Crippen LogP contribution in [0.4, 0.5) is 0 Å². The molecular formula is C13H16N2O. The van der Waals surface area contributed by atoms with Crippen LogP contribution in [-0.2, 0) is 6.42 Å². The van der Waals surface area contributed by atoms with E-state index >= 15 is 0 Å². The van der Waals surface area contributed by atoms with Gasteiger partial charge in [-0.3, -0.25) is 4.79 Å². The van der Waals surface area contributed by atoms with E-state index in [-0.39, 0.29) is 5.78 Å². The van der Waals surface area contributed by atoms with Crippen LogP contribution in [0.2, 0.25) is 0 Å². The van der Waals surface area contributed by atoms with Crippen LogP contribution in [0.1, 0.15) is 22.8 Å². The number of aryl methyl sites for hydroxylation is 1. The average molecular weight is 216 g/mol. The Morgan fingerprint density at radius 2 is 2.25 bits per heavy atom. The minimum atomic E-state index is 0.127. The zero-order valence-electron chi connectivity index (χ0n) is 9.63. The predicted molar refractivity (Wildman–Crippen MR) is 65.9 cm³/mol. The number of aromatic nitrogens is 1. The lowest BCUT2D eigenvalue weighted by Crippen LogP contribution is -2.18. The molecule has 0 amide bonds. The highest BCUT2D eigenvalue weighted by Gasteiger charge is 2.11. The second kappa shape index (κ2) is 4.49. The smallest absolute Gasteiger partial charge is 0.178 e. The SMILES string of the molecule is CCc1ccc2[nH]cc(C(=O)CNC)c2c1. The van der Waals surface area contributed by atoms with Gasteiger partial charge in [-0.25, -0.2) is 0 Å². The lowest BCUT2D eigenvalue weighted by molar-refractivity contribution is 0.0995. The quantitative estimate of drug-likeness (QED) is 0.769. The Labute approximate surface area is 94.9 Å². The molecule has 0 aliphatic carbocycles. The van der Waals surface area contributed by atoms with E-state index in [0.29, 0.717) is 6.54 Å². The topological polar surface area (TPSA) is 44.9 Å². The summed E-state index contributed by atoms with van der Waals surface area (Å²) in [5.74, 6) is 0.127. The summed E-state index contributed by atoms with van der Waals surface area (Å²) in [4.78, 5) is 15.0. The second-order valence-electron chi connectivity index (χ2n) is 3.89. The number of H-pyrrole nitrogens is 1. The standard InChI is InChI=1S/C13H16N2O/c1-3-9-4-5-12-10(6-9)11(7-15-12)13(16)8-14-2/h4-7,14-15H,3,8H2,1-2H3. The van der Waals surface area contributed by atoms with E-state index in [1.54, 1.807) is 13.2 Å². The van der Waals surface area contributed by atoms with Crippen LogP contribution in [0.15, 0.2) is 24.4 Å². The van der Waals surface area contributed by atoms with Gasteiger partial charge in [0.1, 0.15) is 0 Å². The van der Waals surface area contributed by atoms with Gasteiger partial charge in [-0.05, 0) is 31.2 Å². The average Bonchev–Trinajstić information content (AvgIpc) is 2.71. The zero-order valence-corrected chi connectivity index (χ0v) is 9.63. The van der Waals surface area contributed by atoms with Gasteiger partial charge in [0.05, 0.1) is 6.54 Å². The van der Waals surface area contributed by atoms with Crippen molar-refractivity contribution in [2.45, 2.75) is 13.3 Å². The molecule has 0 aliphatic rings. The van der Waals surface area contributed by atoms with Gasteiger partial charge < -0.3 is 10.3 Å². The third kappa shape index (κ3) is 1.86. The van der Waals surface area contributed by atoms with Gasteiger partial charge in [0.2, 0.25) is 0 Å². The summed E-state index contributed by atoms with van der Waals surface area (Å²) in [5, 5.41) is 3.91. The number of hydrogen-bond donors (Lipinski definition) is 2. The van der Waals surface area contributed by atoms with E-state index < -0.39 is 0 Å². The molecule has 1 heterocycles. The first kappa shape index (κ1) is 10.9. The van der Waals surface area contributed by atoms with E-state index in [0.717, 1.165) is 22.9 Å². The molecule has 3 nitrogen and oxygen atoms in total. The van der Waals surface area contributed by atoms with Crippen LogP contribution in [0.25, 0.3) is 10.9 Å². The van der Waals surface area contributed by atoms with Gasteiger partial charge in [-0.15, -0.1) is 0 Å². The molecule has 0 saturated carbocycles. The summed E-state index contributed by atoms with van der Waals surface area (Å²) in [5.41, 5.74) is 3.06. The molecule has 16 heavy (non-hydrogen) atoms. The molecule has 2 rings (SSSR count). The number of nitrogens with one attached hydrogen (secondary N) is 2. The normalized spacial score (nSPS) is 10.9. The molecule has 0 atom stereocenters. The molecule has 1 aromatic heterocycles. The molecule has 2 aromatic rings. The number of ketones is 1. The van der Waals surface area contributed by atoms with Gasteiger partial charge in [0, 0.05) is 22.7 Å². The van der Waals surface area contributed by atoms with Gasteiger partial charge in [-0.2, -0.15) is 0 Å². The molecule has 0 saturated heterocycles. The van der Waals surface area contributed by atoms with Gasteiger partial charge in [0.15, 0.2) is 5.78 Å². The highest BCUT2D eigenvalue weighted by Crippen LogP contribution is 2.20. The molecule has 2 N–H and O–H groups in total. The number of aromatic amines is 1. The molecule has 1 aromatic carbocycles. The summed E-state index contributed by atoms with van der Waals surface area (Å²) in [6.45, 7) is 2.49. The first-order chi connectivity index (χ1) is 7.76. The van der Waals surface area contributed by atoms with Crippen molar-refractivity contribution in [3.05, 3.63) is 35.5 Å². The number of fused-ring (bicyclic) bond motifs is 1. The van der Waals surface area contributed by atoms with E-state index in [9.17, 15) is 4.79 Å². The van der Waals surface area contributed by atoms with E-state index in [1.807, 2.05) is 6.07 Å². The van der Waals surface area contributed by atoms with Gasteiger partial charge >= 0.3 is 0 Å². The molecule has 0 fully saturated rings. The van der Waals surface area contributed by atoms with Gasteiger partial charge in [-0.1, -0.05) is 13.0 Å². The maximum absolute atomic E-state index is 11.8. The fourth-order valence-electron chi connectivity index (χ4n) is 1.87. The van der Waals surface area contributed by atoms with Crippen molar-refractivity contribution >= 4 is 16.7 Å². The molecule has 0 spiro atoms. The fraction of sp³-hybridized carbons (Fsp3) is 0.308. The van der Waals surface area contributed by atoms with E-state index in [4.69, 9.17) is 0 Å². The first-order valence-corrected chi connectivity index (χ1v) is 5.54. The second-order valence-corrected chi connectivity index (χ2v) is 3.89. The number of hydrogen-bond acceptors (Lipinski definition) is 2. The lowest BCUT2D eigenvalue weighted by Gasteiger charge is -2.00. The number of carbonyl (C=O) groups excluding carboxylic acids is 1. The summed E-state index contributed by atoms with van der Waals surface area (Å²) in [6, 6.07) is 6.21. The van der Waals surface area contributed by atoms with Crippen molar-refractivity contribution < 1.29 is 4.79 Å². The van der Waals surface area contributed by atoms with Crippen molar-refractivity contribution in [1.29, 1.82) is 0 Å². The lowest BCUT2D eigenvalue weighted by atomic mass is 10.1. The maximum Gasteiger partial charge on any atom is 0.178 e. The minimum Gasteiger partial charge on any atom is -0.360 e. The largest absolute Gasteiger partial charge is 0.360 e. The predicted octanol–water partition coefficient (Wildman–Crippen LogP) is 2.13.